The second kappa shape index (κ2) is 5.16. The SMILES string of the molecule is C=CCCC(NCC)C1C2CCCCC21. The van der Waals surface area contributed by atoms with Gasteiger partial charge in [0.1, 0.15) is 0 Å². The van der Waals surface area contributed by atoms with Gasteiger partial charge in [0.25, 0.3) is 0 Å². The second-order valence-corrected chi connectivity index (χ2v) is 5.22. The smallest absolute Gasteiger partial charge is 0.0104 e. The molecule has 3 atom stereocenters. The molecular weight excluding hydrogens is 182 g/mol. The summed E-state index contributed by atoms with van der Waals surface area (Å²) in [6.07, 6.45) is 10.5. The van der Waals surface area contributed by atoms with Gasteiger partial charge >= 0.3 is 0 Å². The van der Waals surface area contributed by atoms with Gasteiger partial charge in [-0.15, -0.1) is 6.58 Å². The maximum atomic E-state index is 3.84. The van der Waals surface area contributed by atoms with E-state index in [4.69, 9.17) is 0 Å². The van der Waals surface area contributed by atoms with E-state index in [1.807, 2.05) is 0 Å². The molecule has 1 N–H and O–H groups in total. The van der Waals surface area contributed by atoms with E-state index in [1.54, 1.807) is 0 Å². The summed E-state index contributed by atoms with van der Waals surface area (Å²) in [5.74, 6) is 3.16. The number of fused-ring (bicyclic) bond motifs is 1. The number of allylic oxidation sites excluding steroid dienone is 1. The first-order chi connectivity index (χ1) is 7.38. The molecule has 2 aliphatic rings. The Bertz CT molecular complexity index is 199. The lowest BCUT2D eigenvalue weighted by Crippen LogP contribution is -2.31. The van der Waals surface area contributed by atoms with Crippen LogP contribution in [0.4, 0.5) is 0 Å². The van der Waals surface area contributed by atoms with Gasteiger partial charge in [-0.25, -0.2) is 0 Å². The molecule has 15 heavy (non-hydrogen) atoms. The molecule has 0 saturated heterocycles. The lowest BCUT2D eigenvalue weighted by molar-refractivity contribution is 0.417. The van der Waals surface area contributed by atoms with E-state index in [-0.39, 0.29) is 0 Å². The summed E-state index contributed by atoms with van der Waals surface area (Å²) in [4.78, 5) is 0. The lowest BCUT2D eigenvalue weighted by Gasteiger charge is -2.17. The van der Waals surface area contributed by atoms with E-state index in [2.05, 4.69) is 24.9 Å². The molecule has 2 fully saturated rings. The zero-order valence-corrected chi connectivity index (χ0v) is 10.0. The molecule has 0 aromatic heterocycles. The number of hydrogen-bond acceptors (Lipinski definition) is 1. The highest BCUT2D eigenvalue weighted by Crippen LogP contribution is 2.57. The molecule has 0 amide bonds. The molecule has 0 aromatic carbocycles. The predicted molar refractivity (Wildman–Crippen MR) is 65.8 cm³/mol. The van der Waals surface area contributed by atoms with Crippen LogP contribution in [0.25, 0.3) is 0 Å². The van der Waals surface area contributed by atoms with Crippen molar-refractivity contribution in [1.29, 1.82) is 0 Å². The molecule has 3 unspecified atom stereocenters. The van der Waals surface area contributed by atoms with Gasteiger partial charge in [0.15, 0.2) is 0 Å². The molecule has 0 bridgehead atoms. The van der Waals surface area contributed by atoms with E-state index in [1.165, 1.54) is 38.5 Å². The van der Waals surface area contributed by atoms with Crippen LogP contribution in [0.3, 0.4) is 0 Å². The van der Waals surface area contributed by atoms with E-state index in [0.29, 0.717) is 0 Å². The lowest BCUT2D eigenvalue weighted by atomic mass is 10.0. The third-order valence-corrected chi connectivity index (χ3v) is 4.34. The van der Waals surface area contributed by atoms with Crippen LogP contribution in [-0.4, -0.2) is 12.6 Å². The molecule has 1 heteroatoms. The third kappa shape index (κ3) is 2.44. The maximum absolute atomic E-state index is 3.84. The van der Waals surface area contributed by atoms with Gasteiger partial charge in [0, 0.05) is 6.04 Å². The van der Waals surface area contributed by atoms with Gasteiger partial charge in [-0.05, 0) is 50.0 Å². The fourth-order valence-corrected chi connectivity index (χ4v) is 3.63. The van der Waals surface area contributed by atoms with Crippen LogP contribution in [0.1, 0.15) is 45.4 Å². The van der Waals surface area contributed by atoms with Gasteiger partial charge in [-0.2, -0.15) is 0 Å². The fourth-order valence-electron chi connectivity index (χ4n) is 3.63. The molecule has 2 saturated carbocycles. The summed E-state index contributed by atoms with van der Waals surface area (Å²) in [6.45, 7) is 7.19. The number of rotatable bonds is 6. The van der Waals surface area contributed by atoms with Crippen molar-refractivity contribution >= 4 is 0 Å². The molecule has 0 heterocycles. The number of hydrogen-bond donors (Lipinski definition) is 1. The van der Waals surface area contributed by atoms with Crippen molar-refractivity contribution in [3.63, 3.8) is 0 Å². The molecular formula is C14H25N. The van der Waals surface area contributed by atoms with Gasteiger partial charge in [0.05, 0.1) is 0 Å². The molecule has 0 aromatic rings. The Morgan fingerprint density at radius 1 is 1.33 bits per heavy atom. The summed E-state index contributed by atoms with van der Waals surface area (Å²) in [5, 5.41) is 3.69. The van der Waals surface area contributed by atoms with Crippen molar-refractivity contribution in [2.24, 2.45) is 17.8 Å². The molecule has 2 aliphatic carbocycles. The molecule has 2 rings (SSSR count). The first kappa shape index (κ1) is 11.2. The van der Waals surface area contributed by atoms with Crippen LogP contribution in [-0.2, 0) is 0 Å². The van der Waals surface area contributed by atoms with E-state index in [9.17, 15) is 0 Å². The Balaban J connectivity index is 1.85. The van der Waals surface area contributed by atoms with E-state index >= 15 is 0 Å². The third-order valence-electron chi connectivity index (χ3n) is 4.34. The summed E-state index contributed by atoms with van der Waals surface area (Å²) >= 11 is 0. The molecule has 0 aliphatic heterocycles. The van der Waals surface area contributed by atoms with Crippen LogP contribution in [0.5, 0.6) is 0 Å². The van der Waals surface area contributed by atoms with Crippen molar-refractivity contribution in [2.45, 2.75) is 51.5 Å². The minimum Gasteiger partial charge on any atom is -0.314 e. The number of nitrogens with one attached hydrogen (secondary N) is 1. The first-order valence-corrected chi connectivity index (χ1v) is 6.72. The summed E-state index contributed by atoms with van der Waals surface area (Å²) in [6, 6.07) is 0.779. The molecule has 0 radical (unpaired) electrons. The maximum Gasteiger partial charge on any atom is 0.0104 e. The first-order valence-electron chi connectivity index (χ1n) is 6.72. The Morgan fingerprint density at radius 2 is 2.00 bits per heavy atom. The zero-order chi connectivity index (χ0) is 10.7. The van der Waals surface area contributed by atoms with Gasteiger partial charge in [-0.3, -0.25) is 0 Å². The molecule has 1 nitrogen and oxygen atoms in total. The molecule has 86 valence electrons. The van der Waals surface area contributed by atoms with Crippen LogP contribution in [0.15, 0.2) is 12.7 Å². The standard InChI is InChI=1S/C14H25N/c1-3-5-10-13(15-4-2)14-11-8-6-7-9-12(11)14/h3,11-15H,1,4-10H2,2H3. The molecule has 0 spiro atoms. The van der Waals surface area contributed by atoms with Crippen molar-refractivity contribution in [1.82, 2.24) is 5.32 Å². The minimum atomic E-state index is 0.779. The van der Waals surface area contributed by atoms with Crippen LogP contribution in [0, 0.1) is 17.8 Å². The minimum absolute atomic E-state index is 0.779. The average molecular weight is 207 g/mol. The van der Waals surface area contributed by atoms with Crippen LogP contribution >= 0.6 is 0 Å². The Labute approximate surface area is 94.3 Å². The highest BCUT2D eigenvalue weighted by Gasteiger charge is 2.53. The zero-order valence-electron chi connectivity index (χ0n) is 10.0. The van der Waals surface area contributed by atoms with Crippen molar-refractivity contribution < 1.29 is 0 Å². The largest absolute Gasteiger partial charge is 0.314 e. The highest BCUT2D eigenvalue weighted by molar-refractivity contribution is 5.04. The average Bonchev–Trinajstić information content (AvgIpc) is 2.98. The summed E-state index contributed by atoms with van der Waals surface area (Å²) in [7, 11) is 0. The summed E-state index contributed by atoms with van der Waals surface area (Å²) < 4.78 is 0. The Hall–Kier alpha value is -0.300. The van der Waals surface area contributed by atoms with E-state index in [0.717, 1.165) is 30.3 Å². The van der Waals surface area contributed by atoms with Crippen molar-refractivity contribution in [2.75, 3.05) is 6.54 Å². The quantitative estimate of drug-likeness (QED) is 0.658. The monoisotopic (exact) mass is 207 g/mol. The second-order valence-electron chi connectivity index (χ2n) is 5.22. The van der Waals surface area contributed by atoms with Gasteiger partial charge in [0.2, 0.25) is 0 Å². The van der Waals surface area contributed by atoms with Gasteiger partial charge in [-0.1, -0.05) is 25.8 Å². The summed E-state index contributed by atoms with van der Waals surface area (Å²) in [5.41, 5.74) is 0. The normalized spacial score (nSPS) is 35.7. The van der Waals surface area contributed by atoms with E-state index < -0.39 is 0 Å². The van der Waals surface area contributed by atoms with Gasteiger partial charge < -0.3 is 5.32 Å². The Kier molecular flexibility index (Phi) is 3.85. The van der Waals surface area contributed by atoms with Crippen LogP contribution in [0.2, 0.25) is 0 Å². The predicted octanol–water partition coefficient (Wildman–Crippen LogP) is 3.37. The Morgan fingerprint density at radius 3 is 2.53 bits per heavy atom. The topological polar surface area (TPSA) is 12.0 Å². The van der Waals surface area contributed by atoms with Crippen molar-refractivity contribution in [3.8, 4) is 0 Å². The van der Waals surface area contributed by atoms with Crippen LogP contribution < -0.4 is 5.32 Å². The highest BCUT2D eigenvalue weighted by atomic mass is 14.9. The fraction of sp³-hybridized carbons (Fsp3) is 0.857. The van der Waals surface area contributed by atoms with Crippen molar-refractivity contribution in [3.05, 3.63) is 12.7 Å².